The molecular weight excluding hydrogens is 328 g/mol. The Kier molecular flexibility index (Phi) is 4.95. The molecule has 4 nitrogen and oxygen atoms in total. The molecule has 0 bridgehead atoms. The smallest absolute Gasteiger partial charge is 0.340 e. The van der Waals surface area contributed by atoms with Gasteiger partial charge in [-0.15, -0.1) is 0 Å². The van der Waals surface area contributed by atoms with Gasteiger partial charge in [-0.05, 0) is 25.1 Å². The highest BCUT2D eigenvalue weighted by atomic mass is 35.5. The molecule has 2 aromatic rings. The lowest BCUT2D eigenvalue weighted by molar-refractivity contribution is 0.0597. The lowest BCUT2D eigenvalue weighted by atomic mass is 10.0. The number of benzene rings is 2. The molecule has 0 aliphatic carbocycles. The molecule has 0 fully saturated rings. The van der Waals surface area contributed by atoms with Crippen LogP contribution in [0.5, 0.6) is 0 Å². The monoisotopic (exact) mass is 339 g/mol. The lowest BCUT2D eigenvalue weighted by Crippen LogP contribution is -2.15. The highest BCUT2D eigenvalue weighted by Gasteiger charge is 2.26. The SMILES string of the molecule is COC(=O)c1c(C(C)=O)cc(F)c(F)c1Nc1ccccc1Cl. The van der Waals surface area contributed by atoms with E-state index in [1.54, 1.807) is 12.1 Å². The summed E-state index contributed by atoms with van der Waals surface area (Å²) in [7, 11) is 1.08. The van der Waals surface area contributed by atoms with Crippen LogP contribution in [0.15, 0.2) is 30.3 Å². The van der Waals surface area contributed by atoms with Crippen LogP contribution < -0.4 is 5.32 Å². The molecule has 0 aliphatic rings. The third kappa shape index (κ3) is 3.32. The zero-order chi connectivity index (χ0) is 17.1. The van der Waals surface area contributed by atoms with Gasteiger partial charge in [0.2, 0.25) is 0 Å². The van der Waals surface area contributed by atoms with Crippen molar-refractivity contribution in [2.45, 2.75) is 6.92 Å². The average molecular weight is 340 g/mol. The molecule has 1 N–H and O–H groups in total. The van der Waals surface area contributed by atoms with Crippen molar-refractivity contribution in [1.29, 1.82) is 0 Å². The molecule has 0 unspecified atom stereocenters. The summed E-state index contributed by atoms with van der Waals surface area (Å²) in [4.78, 5) is 23.6. The van der Waals surface area contributed by atoms with E-state index in [-0.39, 0.29) is 21.8 Å². The van der Waals surface area contributed by atoms with Gasteiger partial charge in [0.1, 0.15) is 0 Å². The van der Waals surface area contributed by atoms with Crippen LogP contribution in [0.4, 0.5) is 20.2 Å². The van der Waals surface area contributed by atoms with Crippen LogP contribution in [0.1, 0.15) is 27.6 Å². The van der Waals surface area contributed by atoms with Crippen molar-refractivity contribution in [3.05, 3.63) is 58.1 Å². The number of carbonyl (C=O) groups excluding carboxylic acids is 2. The summed E-state index contributed by atoms with van der Waals surface area (Å²) in [5, 5.41) is 2.79. The van der Waals surface area contributed by atoms with Gasteiger partial charge in [-0.25, -0.2) is 13.6 Å². The third-order valence-electron chi connectivity index (χ3n) is 3.12. The summed E-state index contributed by atoms with van der Waals surface area (Å²) in [5.41, 5.74) is -0.933. The van der Waals surface area contributed by atoms with Crippen LogP contribution >= 0.6 is 11.6 Å². The van der Waals surface area contributed by atoms with Crippen molar-refractivity contribution in [2.24, 2.45) is 0 Å². The van der Waals surface area contributed by atoms with E-state index in [2.05, 4.69) is 10.1 Å². The number of ether oxygens (including phenoxy) is 1. The molecule has 0 radical (unpaired) electrons. The summed E-state index contributed by atoms with van der Waals surface area (Å²) in [6.07, 6.45) is 0. The van der Waals surface area contributed by atoms with E-state index in [9.17, 15) is 18.4 Å². The van der Waals surface area contributed by atoms with E-state index >= 15 is 0 Å². The Morgan fingerprint density at radius 2 is 1.87 bits per heavy atom. The minimum Gasteiger partial charge on any atom is -0.465 e. The predicted molar refractivity (Wildman–Crippen MR) is 82.4 cm³/mol. The van der Waals surface area contributed by atoms with Crippen LogP contribution in [0.25, 0.3) is 0 Å². The fourth-order valence-corrected chi connectivity index (χ4v) is 2.22. The zero-order valence-corrected chi connectivity index (χ0v) is 13.0. The Morgan fingerprint density at radius 1 is 1.22 bits per heavy atom. The fraction of sp³-hybridized carbons (Fsp3) is 0.125. The number of hydrogen-bond donors (Lipinski definition) is 1. The summed E-state index contributed by atoms with van der Waals surface area (Å²) in [6.45, 7) is 1.14. The molecule has 7 heteroatoms. The van der Waals surface area contributed by atoms with E-state index in [4.69, 9.17) is 11.6 Å². The number of rotatable bonds is 4. The van der Waals surface area contributed by atoms with Gasteiger partial charge in [0.05, 0.1) is 29.1 Å². The molecular formula is C16H12ClF2NO3. The first kappa shape index (κ1) is 16.9. The van der Waals surface area contributed by atoms with Gasteiger partial charge in [-0.1, -0.05) is 23.7 Å². The molecule has 2 rings (SSSR count). The minimum atomic E-state index is -1.31. The number of methoxy groups -OCH3 is 1. The Bertz CT molecular complexity index is 793. The standard InChI is InChI=1S/C16H12ClF2NO3/c1-8(21)9-7-11(18)14(19)15(13(9)16(22)23-2)20-12-6-4-3-5-10(12)17/h3-7,20H,1-2H3. The van der Waals surface area contributed by atoms with Gasteiger partial charge in [0.15, 0.2) is 17.4 Å². The highest BCUT2D eigenvalue weighted by molar-refractivity contribution is 6.33. The first-order chi connectivity index (χ1) is 10.9. The van der Waals surface area contributed by atoms with E-state index in [0.717, 1.165) is 14.0 Å². The zero-order valence-electron chi connectivity index (χ0n) is 12.2. The summed E-state index contributed by atoms with van der Waals surface area (Å²) in [5.74, 6) is -4.15. The van der Waals surface area contributed by atoms with Gasteiger partial charge in [-0.3, -0.25) is 4.79 Å². The maximum absolute atomic E-state index is 14.2. The van der Waals surface area contributed by atoms with Gasteiger partial charge in [0, 0.05) is 5.56 Å². The first-order valence-corrected chi connectivity index (χ1v) is 6.87. The van der Waals surface area contributed by atoms with Crippen molar-refractivity contribution in [1.82, 2.24) is 0 Å². The molecule has 0 spiro atoms. The lowest BCUT2D eigenvalue weighted by Gasteiger charge is -2.16. The van der Waals surface area contributed by atoms with E-state index in [1.165, 1.54) is 12.1 Å². The van der Waals surface area contributed by atoms with Gasteiger partial charge < -0.3 is 10.1 Å². The number of halogens is 3. The van der Waals surface area contributed by atoms with Gasteiger partial charge in [-0.2, -0.15) is 0 Å². The largest absolute Gasteiger partial charge is 0.465 e. The van der Waals surface area contributed by atoms with Crippen LogP contribution in [0.2, 0.25) is 5.02 Å². The highest BCUT2D eigenvalue weighted by Crippen LogP contribution is 2.32. The van der Waals surface area contributed by atoms with Crippen LogP contribution in [0.3, 0.4) is 0 Å². The van der Waals surface area contributed by atoms with Crippen molar-refractivity contribution in [3.8, 4) is 0 Å². The molecule has 0 saturated heterocycles. The molecule has 0 aliphatic heterocycles. The molecule has 0 saturated carbocycles. The topological polar surface area (TPSA) is 55.4 Å². The fourth-order valence-electron chi connectivity index (χ4n) is 2.03. The summed E-state index contributed by atoms with van der Waals surface area (Å²) in [6, 6.07) is 6.99. The maximum Gasteiger partial charge on any atom is 0.340 e. The summed E-state index contributed by atoms with van der Waals surface area (Å²) >= 11 is 5.97. The first-order valence-electron chi connectivity index (χ1n) is 6.49. The molecule has 23 heavy (non-hydrogen) atoms. The second kappa shape index (κ2) is 6.75. The van der Waals surface area contributed by atoms with Crippen molar-refractivity contribution >= 4 is 34.7 Å². The molecule has 0 atom stereocenters. The van der Waals surface area contributed by atoms with Crippen molar-refractivity contribution in [3.63, 3.8) is 0 Å². The number of carbonyl (C=O) groups is 2. The van der Waals surface area contributed by atoms with Crippen molar-refractivity contribution < 1.29 is 23.1 Å². The minimum absolute atomic E-state index is 0.233. The van der Waals surface area contributed by atoms with E-state index in [0.29, 0.717) is 6.07 Å². The third-order valence-corrected chi connectivity index (χ3v) is 3.45. The normalized spacial score (nSPS) is 10.3. The van der Waals surface area contributed by atoms with Crippen LogP contribution in [0, 0.1) is 11.6 Å². The Morgan fingerprint density at radius 3 is 2.43 bits per heavy atom. The number of anilines is 2. The number of Topliss-reactive ketones (excluding diaryl/α,β-unsaturated/α-hetero) is 1. The van der Waals surface area contributed by atoms with Gasteiger partial charge >= 0.3 is 5.97 Å². The molecule has 0 aromatic heterocycles. The second-order valence-electron chi connectivity index (χ2n) is 4.62. The summed E-state index contributed by atoms with van der Waals surface area (Å²) < 4.78 is 32.6. The predicted octanol–water partition coefficient (Wildman–Crippen LogP) is 4.35. The molecule has 0 heterocycles. The average Bonchev–Trinajstić information content (AvgIpc) is 2.52. The number of nitrogens with one attached hydrogen (secondary N) is 1. The maximum atomic E-state index is 14.2. The van der Waals surface area contributed by atoms with Crippen molar-refractivity contribution in [2.75, 3.05) is 12.4 Å². The van der Waals surface area contributed by atoms with E-state index < -0.39 is 29.1 Å². The van der Waals surface area contributed by atoms with E-state index in [1.807, 2.05) is 0 Å². The number of ketones is 1. The number of para-hydroxylation sites is 1. The van der Waals surface area contributed by atoms with Crippen LogP contribution in [-0.2, 0) is 4.74 Å². The van der Waals surface area contributed by atoms with Crippen LogP contribution in [-0.4, -0.2) is 18.9 Å². The molecule has 2 aromatic carbocycles. The Hall–Kier alpha value is -2.47. The number of hydrogen-bond acceptors (Lipinski definition) is 4. The Labute approximate surface area is 136 Å². The quantitative estimate of drug-likeness (QED) is 0.664. The number of esters is 1. The molecule has 120 valence electrons. The second-order valence-corrected chi connectivity index (χ2v) is 5.03. The Balaban J connectivity index is 2.72. The van der Waals surface area contributed by atoms with Gasteiger partial charge in [0.25, 0.3) is 0 Å². The molecule has 0 amide bonds.